The van der Waals surface area contributed by atoms with Crippen LogP contribution in [-0.2, 0) is 4.74 Å². The van der Waals surface area contributed by atoms with Gasteiger partial charge in [-0.05, 0) is 31.4 Å². The van der Waals surface area contributed by atoms with Crippen LogP contribution >= 0.6 is 0 Å². The summed E-state index contributed by atoms with van der Waals surface area (Å²) in [6, 6.07) is 6.29. The maximum Gasteiger partial charge on any atom is 0.146 e. The van der Waals surface area contributed by atoms with E-state index < -0.39 is 0 Å². The molecule has 2 aliphatic rings. The van der Waals surface area contributed by atoms with Crippen molar-refractivity contribution in [2.24, 2.45) is 0 Å². The number of nitriles is 1. The average Bonchev–Trinajstić information content (AvgIpc) is 2.86. The second-order valence-corrected chi connectivity index (χ2v) is 4.59. The SMILES string of the molecule is N#Cc1cccnc1N1CCOC2CCCC21. The summed E-state index contributed by atoms with van der Waals surface area (Å²) in [6.07, 6.45) is 5.58. The molecule has 2 atom stereocenters. The van der Waals surface area contributed by atoms with Crippen molar-refractivity contribution >= 4 is 5.82 Å². The van der Waals surface area contributed by atoms with E-state index in [-0.39, 0.29) is 0 Å². The molecule has 4 nitrogen and oxygen atoms in total. The van der Waals surface area contributed by atoms with Crippen molar-refractivity contribution in [1.82, 2.24) is 4.98 Å². The predicted octanol–water partition coefficient (Wildman–Crippen LogP) is 1.71. The Kier molecular flexibility index (Phi) is 2.69. The fourth-order valence-electron chi connectivity index (χ4n) is 2.90. The van der Waals surface area contributed by atoms with Gasteiger partial charge in [0, 0.05) is 12.7 Å². The largest absolute Gasteiger partial charge is 0.374 e. The monoisotopic (exact) mass is 229 g/mol. The minimum atomic E-state index is 0.331. The highest BCUT2D eigenvalue weighted by atomic mass is 16.5. The molecule has 2 fully saturated rings. The molecule has 88 valence electrons. The summed E-state index contributed by atoms with van der Waals surface area (Å²) >= 11 is 0. The molecule has 0 aromatic carbocycles. The topological polar surface area (TPSA) is 49.2 Å². The van der Waals surface area contributed by atoms with E-state index >= 15 is 0 Å². The number of anilines is 1. The standard InChI is InChI=1S/C13H15N3O/c14-9-10-3-2-6-15-13(10)16-7-8-17-12-5-1-4-11(12)16/h2-3,6,11-12H,1,4-5,7-8H2. The Labute approximate surface area is 101 Å². The van der Waals surface area contributed by atoms with Crippen LogP contribution in [0.4, 0.5) is 5.82 Å². The Hall–Kier alpha value is -1.60. The minimum absolute atomic E-state index is 0.331. The highest BCUT2D eigenvalue weighted by molar-refractivity contribution is 5.54. The lowest BCUT2D eigenvalue weighted by atomic mass is 10.1. The second-order valence-electron chi connectivity index (χ2n) is 4.59. The van der Waals surface area contributed by atoms with E-state index in [1.54, 1.807) is 6.20 Å². The lowest BCUT2D eigenvalue weighted by Gasteiger charge is -2.38. The quantitative estimate of drug-likeness (QED) is 0.735. The Morgan fingerprint density at radius 2 is 2.41 bits per heavy atom. The third-order valence-electron chi connectivity index (χ3n) is 3.66. The molecule has 2 unspecified atom stereocenters. The number of nitrogens with zero attached hydrogens (tertiary/aromatic N) is 3. The van der Waals surface area contributed by atoms with Crippen LogP contribution in [-0.4, -0.2) is 30.3 Å². The van der Waals surface area contributed by atoms with Gasteiger partial charge >= 0.3 is 0 Å². The smallest absolute Gasteiger partial charge is 0.146 e. The first-order valence-electron chi connectivity index (χ1n) is 6.13. The van der Waals surface area contributed by atoms with Crippen LogP contribution in [0.5, 0.6) is 0 Å². The number of aromatic nitrogens is 1. The van der Waals surface area contributed by atoms with Crippen LogP contribution in [0.1, 0.15) is 24.8 Å². The molecule has 1 aliphatic carbocycles. The first-order valence-corrected chi connectivity index (χ1v) is 6.13. The third kappa shape index (κ3) is 1.77. The van der Waals surface area contributed by atoms with Crippen molar-refractivity contribution < 1.29 is 4.74 Å². The van der Waals surface area contributed by atoms with Crippen LogP contribution in [0.3, 0.4) is 0 Å². The number of pyridine rings is 1. The Morgan fingerprint density at radius 3 is 3.29 bits per heavy atom. The van der Waals surface area contributed by atoms with Gasteiger partial charge in [-0.2, -0.15) is 5.26 Å². The predicted molar refractivity (Wildman–Crippen MR) is 63.7 cm³/mol. The molecule has 0 bridgehead atoms. The summed E-state index contributed by atoms with van der Waals surface area (Å²) in [5, 5.41) is 9.14. The number of morpholine rings is 1. The van der Waals surface area contributed by atoms with E-state index in [2.05, 4.69) is 16.0 Å². The van der Waals surface area contributed by atoms with Gasteiger partial charge in [0.1, 0.15) is 11.9 Å². The van der Waals surface area contributed by atoms with Gasteiger partial charge in [0.05, 0.1) is 24.3 Å². The van der Waals surface area contributed by atoms with Crippen LogP contribution in [0.2, 0.25) is 0 Å². The fraction of sp³-hybridized carbons (Fsp3) is 0.538. The van der Waals surface area contributed by atoms with E-state index in [0.717, 1.165) is 31.8 Å². The number of hydrogen-bond donors (Lipinski definition) is 0. The summed E-state index contributed by atoms with van der Waals surface area (Å²) in [4.78, 5) is 6.65. The fourth-order valence-corrected chi connectivity index (χ4v) is 2.90. The lowest BCUT2D eigenvalue weighted by Crippen LogP contribution is -2.49. The molecular weight excluding hydrogens is 214 g/mol. The molecule has 0 spiro atoms. The Morgan fingerprint density at radius 1 is 1.47 bits per heavy atom. The number of hydrogen-bond acceptors (Lipinski definition) is 4. The third-order valence-corrected chi connectivity index (χ3v) is 3.66. The Bertz CT molecular complexity index is 454. The molecule has 1 aromatic rings. The van der Waals surface area contributed by atoms with Gasteiger partial charge in [0.2, 0.25) is 0 Å². The van der Waals surface area contributed by atoms with Crippen LogP contribution < -0.4 is 4.90 Å². The van der Waals surface area contributed by atoms with Crippen molar-refractivity contribution in [2.45, 2.75) is 31.4 Å². The van der Waals surface area contributed by atoms with Crippen molar-refractivity contribution in [1.29, 1.82) is 5.26 Å². The van der Waals surface area contributed by atoms with Crippen molar-refractivity contribution in [2.75, 3.05) is 18.1 Å². The van der Waals surface area contributed by atoms with Crippen molar-refractivity contribution in [3.05, 3.63) is 23.9 Å². The Balaban J connectivity index is 1.95. The van der Waals surface area contributed by atoms with E-state index in [1.807, 2.05) is 12.1 Å². The van der Waals surface area contributed by atoms with Gasteiger partial charge < -0.3 is 9.64 Å². The first kappa shape index (κ1) is 10.5. The molecule has 1 aromatic heterocycles. The molecule has 0 amide bonds. The summed E-state index contributed by atoms with van der Waals surface area (Å²) in [7, 11) is 0. The molecule has 0 N–H and O–H groups in total. The number of ether oxygens (including phenoxy) is 1. The van der Waals surface area contributed by atoms with Crippen LogP contribution in [0.15, 0.2) is 18.3 Å². The highest BCUT2D eigenvalue weighted by Gasteiger charge is 2.37. The van der Waals surface area contributed by atoms with Crippen LogP contribution in [0.25, 0.3) is 0 Å². The van der Waals surface area contributed by atoms with Gasteiger partial charge in [-0.1, -0.05) is 0 Å². The van der Waals surface area contributed by atoms with Crippen molar-refractivity contribution in [3.8, 4) is 6.07 Å². The molecule has 17 heavy (non-hydrogen) atoms. The molecular formula is C13H15N3O. The van der Waals surface area contributed by atoms with Gasteiger partial charge in [-0.15, -0.1) is 0 Å². The zero-order valence-electron chi connectivity index (χ0n) is 9.67. The molecule has 2 heterocycles. The first-order chi connectivity index (χ1) is 8.40. The molecule has 3 rings (SSSR count). The van der Waals surface area contributed by atoms with Crippen molar-refractivity contribution in [3.63, 3.8) is 0 Å². The molecule has 1 aliphatic heterocycles. The van der Waals surface area contributed by atoms with E-state index in [4.69, 9.17) is 10.00 Å². The maximum absolute atomic E-state index is 9.14. The number of fused-ring (bicyclic) bond motifs is 1. The summed E-state index contributed by atoms with van der Waals surface area (Å²) < 4.78 is 5.77. The van der Waals surface area contributed by atoms with E-state index in [9.17, 15) is 0 Å². The molecule has 1 saturated heterocycles. The normalized spacial score (nSPS) is 27.6. The molecule has 4 heteroatoms. The number of rotatable bonds is 1. The summed E-state index contributed by atoms with van der Waals surface area (Å²) in [5.41, 5.74) is 0.667. The second kappa shape index (κ2) is 4.34. The van der Waals surface area contributed by atoms with Gasteiger partial charge in [0.25, 0.3) is 0 Å². The van der Waals surface area contributed by atoms with E-state index in [1.165, 1.54) is 6.42 Å². The van der Waals surface area contributed by atoms with Crippen LogP contribution in [0, 0.1) is 11.3 Å². The van der Waals surface area contributed by atoms with Gasteiger partial charge in [-0.3, -0.25) is 0 Å². The van der Waals surface area contributed by atoms with E-state index in [0.29, 0.717) is 17.7 Å². The maximum atomic E-state index is 9.14. The minimum Gasteiger partial charge on any atom is -0.374 e. The zero-order valence-corrected chi connectivity index (χ0v) is 9.67. The molecule has 1 saturated carbocycles. The summed E-state index contributed by atoms with van der Waals surface area (Å²) in [5.74, 6) is 0.829. The average molecular weight is 229 g/mol. The van der Waals surface area contributed by atoms with Gasteiger partial charge in [-0.25, -0.2) is 4.98 Å². The zero-order chi connectivity index (χ0) is 11.7. The summed E-state index contributed by atoms with van der Waals surface area (Å²) in [6.45, 7) is 1.58. The van der Waals surface area contributed by atoms with Gasteiger partial charge in [0.15, 0.2) is 0 Å². The highest BCUT2D eigenvalue weighted by Crippen LogP contribution is 2.33. The molecule has 0 radical (unpaired) electrons. The lowest BCUT2D eigenvalue weighted by molar-refractivity contribution is 0.0253.